The minimum atomic E-state index is 0.559. The van der Waals surface area contributed by atoms with E-state index in [1.165, 1.54) is 23.2 Å². The van der Waals surface area contributed by atoms with Crippen molar-refractivity contribution < 1.29 is 0 Å². The lowest BCUT2D eigenvalue weighted by molar-refractivity contribution is 0.758. The molecule has 0 saturated carbocycles. The van der Waals surface area contributed by atoms with Crippen LogP contribution in [-0.4, -0.2) is 4.98 Å². The van der Waals surface area contributed by atoms with Gasteiger partial charge in [0, 0.05) is 11.9 Å². The Morgan fingerprint density at radius 2 is 1.85 bits per heavy atom. The highest BCUT2D eigenvalue weighted by atomic mass is 14.7. The number of pyridine rings is 1. The van der Waals surface area contributed by atoms with Crippen molar-refractivity contribution in [3.05, 3.63) is 28.6 Å². The number of rotatable bonds is 2. The van der Waals surface area contributed by atoms with E-state index in [1.807, 2.05) is 0 Å². The van der Waals surface area contributed by atoms with Crippen molar-refractivity contribution in [3.8, 4) is 0 Å². The van der Waals surface area contributed by atoms with Gasteiger partial charge in [0.1, 0.15) is 0 Å². The second-order valence-electron chi connectivity index (χ2n) is 4.55. The standard InChI is InChI=1S/C12H17N/c1-7(2)11-10-5-9(10)6-13-12(11)8(3)4/h6-8H,5H2,1-4H3. The van der Waals surface area contributed by atoms with Gasteiger partial charge in [-0.3, -0.25) is 4.98 Å². The van der Waals surface area contributed by atoms with Crippen molar-refractivity contribution in [1.29, 1.82) is 0 Å². The highest BCUT2D eigenvalue weighted by Crippen LogP contribution is 2.38. The zero-order valence-electron chi connectivity index (χ0n) is 8.89. The summed E-state index contributed by atoms with van der Waals surface area (Å²) in [5.74, 6) is 1.19. The van der Waals surface area contributed by atoms with E-state index in [-0.39, 0.29) is 0 Å². The summed E-state index contributed by atoms with van der Waals surface area (Å²) in [7, 11) is 0. The average Bonchev–Trinajstić information content (AvgIpc) is 2.79. The van der Waals surface area contributed by atoms with E-state index in [4.69, 9.17) is 0 Å². The van der Waals surface area contributed by atoms with Crippen LogP contribution in [-0.2, 0) is 6.42 Å². The van der Waals surface area contributed by atoms with Crippen molar-refractivity contribution in [3.63, 3.8) is 0 Å². The van der Waals surface area contributed by atoms with E-state index in [1.54, 1.807) is 5.56 Å². The maximum Gasteiger partial charge on any atom is 0.0466 e. The first-order valence-electron chi connectivity index (χ1n) is 5.11. The summed E-state index contributed by atoms with van der Waals surface area (Å²) in [4.78, 5) is 4.55. The number of nitrogens with zero attached hydrogens (tertiary/aromatic N) is 1. The normalized spacial score (nSPS) is 13.7. The fraction of sp³-hybridized carbons (Fsp3) is 0.583. The van der Waals surface area contributed by atoms with E-state index in [0.717, 1.165) is 0 Å². The van der Waals surface area contributed by atoms with Crippen LogP contribution in [0, 0.1) is 0 Å². The zero-order valence-corrected chi connectivity index (χ0v) is 8.89. The van der Waals surface area contributed by atoms with Crippen molar-refractivity contribution in [2.24, 2.45) is 0 Å². The molecule has 1 heteroatoms. The molecule has 0 bridgehead atoms. The van der Waals surface area contributed by atoms with Crippen LogP contribution < -0.4 is 0 Å². The zero-order chi connectivity index (χ0) is 9.59. The lowest BCUT2D eigenvalue weighted by atomic mass is 9.95. The maximum absolute atomic E-state index is 4.55. The lowest BCUT2D eigenvalue weighted by Crippen LogP contribution is -2.01. The number of hydrogen-bond donors (Lipinski definition) is 0. The second-order valence-corrected chi connectivity index (χ2v) is 4.55. The van der Waals surface area contributed by atoms with Crippen LogP contribution in [0.15, 0.2) is 6.20 Å². The van der Waals surface area contributed by atoms with Crippen molar-refractivity contribution in [2.45, 2.75) is 46.0 Å². The summed E-state index contributed by atoms with van der Waals surface area (Å²) in [5.41, 5.74) is 5.88. The summed E-state index contributed by atoms with van der Waals surface area (Å²) in [6.45, 7) is 8.98. The summed E-state index contributed by atoms with van der Waals surface area (Å²) in [6.07, 6.45) is 3.24. The molecule has 1 aromatic heterocycles. The van der Waals surface area contributed by atoms with Crippen LogP contribution in [0.1, 0.15) is 61.9 Å². The lowest BCUT2D eigenvalue weighted by Gasteiger charge is -2.13. The van der Waals surface area contributed by atoms with Gasteiger partial charge in [0.05, 0.1) is 0 Å². The van der Waals surface area contributed by atoms with Crippen LogP contribution in [0.5, 0.6) is 0 Å². The Morgan fingerprint density at radius 1 is 1.15 bits per heavy atom. The molecule has 1 heterocycles. The molecule has 0 fully saturated rings. The first kappa shape index (κ1) is 8.74. The maximum atomic E-state index is 4.55. The summed E-state index contributed by atoms with van der Waals surface area (Å²) in [5, 5.41) is 0. The molecule has 0 atom stereocenters. The third-order valence-corrected chi connectivity index (χ3v) is 2.71. The highest BCUT2D eigenvalue weighted by Gasteiger charge is 2.26. The monoisotopic (exact) mass is 175 g/mol. The summed E-state index contributed by atoms with van der Waals surface area (Å²) >= 11 is 0. The molecule has 1 nitrogen and oxygen atoms in total. The smallest absolute Gasteiger partial charge is 0.0466 e. The van der Waals surface area contributed by atoms with Gasteiger partial charge in [-0.2, -0.15) is 0 Å². The quantitative estimate of drug-likeness (QED) is 0.683. The predicted molar refractivity (Wildman–Crippen MR) is 55.2 cm³/mol. The molecule has 1 aromatic rings. The molecule has 0 amide bonds. The van der Waals surface area contributed by atoms with Gasteiger partial charge < -0.3 is 0 Å². The van der Waals surface area contributed by atoms with Gasteiger partial charge in [-0.05, 0) is 34.9 Å². The van der Waals surface area contributed by atoms with E-state index < -0.39 is 0 Å². The molecule has 1 aliphatic rings. The highest BCUT2D eigenvalue weighted by molar-refractivity contribution is 5.52. The van der Waals surface area contributed by atoms with Gasteiger partial charge in [-0.15, -0.1) is 0 Å². The number of aromatic nitrogens is 1. The Labute approximate surface area is 80.2 Å². The molecule has 0 saturated heterocycles. The second kappa shape index (κ2) is 2.83. The molecule has 2 rings (SSSR count). The van der Waals surface area contributed by atoms with E-state index >= 15 is 0 Å². The van der Waals surface area contributed by atoms with Gasteiger partial charge in [0.25, 0.3) is 0 Å². The van der Waals surface area contributed by atoms with E-state index in [2.05, 4.69) is 38.9 Å². The summed E-state index contributed by atoms with van der Waals surface area (Å²) < 4.78 is 0. The molecular weight excluding hydrogens is 158 g/mol. The largest absolute Gasteiger partial charge is 0.260 e. The molecule has 0 unspecified atom stereocenters. The Hall–Kier alpha value is -0.850. The van der Waals surface area contributed by atoms with Gasteiger partial charge in [0.15, 0.2) is 0 Å². The molecule has 0 spiro atoms. The molecule has 1 aliphatic carbocycles. The Balaban J connectivity index is 2.52. The van der Waals surface area contributed by atoms with E-state index in [9.17, 15) is 0 Å². The van der Waals surface area contributed by atoms with Crippen LogP contribution in [0.2, 0.25) is 0 Å². The molecule has 0 radical (unpaired) electrons. The molecule has 0 N–H and O–H groups in total. The van der Waals surface area contributed by atoms with Crippen molar-refractivity contribution in [1.82, 2.24) is 4.98 Å². The minimum absolute atomic E-state index is 0.559. The minimum Gasteiger partial charge on any atom is -0.260 e. The molecule has 70 valence electrons. The van der Waals surface area contributed by atoms with Gasteiger partial charge in [-0.1, -0.05) is 27.7 Å². The predicted octanol–water partition coefficient (Wildman–Crippen LogP) is 3.23. The number of hydrogen-bond acceptors (Lipinski definition) is 1. The van der Waals surface area contributed by atoms with Crippen LogP contribution in [0.3, 0.4) is 0 Å². The van der Waals surface area contributed by atoms with Crippen LogP contribution in [0.25, 0.3) is 0 Å². The molecule has 13 heavy (non-hydrogen) atoms. The third kappa shape index (κ3) is 1.37. The Morgan fingerprint density at radius 3 is 2.38 bits per heavy atom. The Kier molecular flexibility index (Phi) is 1.90. The topological polar surface area (TPSA) is 12.9 Å². The Bertz CT molecular complexity index is 337. The van der Waals surface area contributed by atoms with Crippen LogP contribution in [0.4, 0.5) is 0 Å². The number of fused-ring (bicyclic) bond motifs is 1. The fourth-order valence-electron chi connectivity index (χ4n) is 2.01. The summed E-state index contributed by atoms with van der Waals surface area (Å²) in [6, 6.07) is 0. The SMILES string of the molecule is CC(C)c1ncc2c(c1C(C)C)C2. The third-order valence-electron chi connectivity index (χ3n) is 2.71. The first-order valence-corrected chi connectivity index (χ1v) is 5.11. The van der Waals surface area contributed by atoms with Crippen molar-refractivity contribution in [2.75, 3.05) is 0 Å². The molecule has 0 aliphatic heterocycles. The van der Waals surface area contributed by atoms with Gasteiger partial charge in [-0.25, -0.2) is 0 Å². The molecule has 0 aromatic carbocycles. The van der Waals surface area contributed by atoms with E-state index in [0.29, 0.717) is 11.8 Å². The van der Waals surface area contributed by atoms with Gasteiger partial charge >= 0.3 is 0 Å². The van der Waals surface area contributed by atoms with Gasteiger partial charge in [0.2, 0.25) is 0 Å². The van der Waals surface area contributed by atoms with Crippen molar-refractivity contribution >= 4 is 0 Å². The average molecular weight is 175 g/mol. The van der Waals surface area contributed by atoms with Crippen LogP contribution >= 0.6 is 0 Å². The first-order chi connectivity index (χ1) is 6.11. The molecular formula is C12H17N. The fourth-order valence-corrected chi connectivity index (χ4v) is 2.01.